The van der Waals surface area contributed by atoms with Gasteiger partial charge in [-0.15, -0.1) is 0 Å². The minimum absolute atomic E-state index is 0.0512. The van der Waals surface area contributed by atoms with Crippen LogP contribution in [0, 0.1) is 0 Å². The van der Waals surface area contributed by atoms with Gasteiger partial charge in [0.1, 0.15) is 0 Å². The number of amides is 2. The molecule has 0 bridgehead atoms. The fourth-order valence-electron chi connectivity index (χ4n) is 1.95. The maximum atomic E-state index is 12.1. The van der Waals surface area contributed by atoms with E-state index in [1.807, 2.05) is 0 Å². The Morgan fingerprint density at radius 2 is 1.91 bits per heavy atom. The van der Waals surface area contributed by atoms with Crippen LogP contribution in [0.4, 0.5) is 11.5 Å². The molecule has 1 fully saturated rings. The predicted molar refractivity (Wildman–Crippen MR) is 81.3 cm³/mol. The maximum absolute atomic E-state index is 12.1. The Bertz CT molecular complexity index is 727. The monoisotopic (exact) mass is 297 g/mol. The summed E-state index contributed by atoms with van der Waals surface area (Å²) in [6.45, 7) is 0. The predicted octanol–water partition coefficient (Wildman–Crippen LogP) is 1.20. The highest BCUT2D eigenvalue weighted by Gasteiger charge is 2.23. The largest absolute Gasteiger partial charge is 0.382 e. The molecule has 1 aliphatic rings. The third-order valence-corrected chi connectivity index (χ3v) is 3.24. The molecule has 1 aromatic carbocycles. The second kappa shape index (κ2) is 5.80. The van der Waals surface area contributed by atoms with Crippen LogP contribution >= 0.6 is 0 Å². The molecule has 0 unspecified atom stereocenters. The van der Waals surface area contributed by atoms with Crippen molar-refractivity contribution in [3.8, 4) is 0 Å². The highest BCUT2D eigenvalue weighted by atomic mass is 16.2. The van der Waals surface area contributed by atoms with Crippen molar-refractivity contribution in [3.63, 3.8) is 0 Å². The smallest absolute Gasteiger partial charge is 0.278 e. The molecule has 1 aromatic heterocycles. The fourth-order valence-corrected chi connectivity index (χ4v) is 1.95. The van der Waals surface area contributed by atoms with Gasteiger partial charge in [-0.05, 0) is 31.0 Å². The Kier molecular flexibility index (Phi) is 3.69. The molecule has 1 heterocycles. The first-order valence-electron chi connectivity index (χ1n) is 6.92. The van der Waals surface area contributed by atoms with E-state index in [4.69, 9.17) is 5.73 Å². The fraction of sp³-hybridized carbons (Fsp3) is 0.200. The maximum Gasteiger partial charge on any atom is 0.278 e. The lowest BCUT2D eigenvalue weighted by atomic mass is 10.2. The van der Waals surface area contributed by atoms with Crippen LogP contribution in [0.2, 0.25) is 0 Å². The number of nitrogens with one attached hydrogen (secondary N) is 2. The van der Waals surface area contributed by atoms with Gasteiger partial charge < -0.3 is 16.4 Å². The number of nitrogens with zero attached hydrogens (tertiary/aromatic N) is 2. The Morgan fingerprint density at radius 1 is 1.14 bits per heavy atom. The van der Waals surface area contributed by atoms with Crippen molar-refractivity contribution in [3.05, 3.63) is 47.9 Å². The molecule has 112 valence electrons. The summed E-state index contributed by atoms with van der Waals surface area (Å²) in [6, 6.07) is 6.99. The first kappa shape index (κ1) is 14.0. The number of nitrogen functional groups attached to an aromatic ring is 1. The van der Waals surface area contributed by atoms with Crippen LogP contribution in [-0.4, -0.2) is 27.8 Å². The number of benzene rings is 1. The zero-order valence-corrected chi connectivity index (χ0v) is 11.7. The van der Waals surface area contributed by atoms with Gasteiger partial charge in [-0.2, -0.15) is 0 Å². The second-order valence-electron chi connectivity index (χ2n) is 5.07. The van der Waals surface area contributed by atoms with Crippen molar-refractivity contribution in [2.45, 2.75) is 18.9 Å². The quantitative estimate of drug-likeness (QED) is 0.785. The SMILES string of the molecule is Nc1nccnc1C(=O)Nc1cccc(C(=O)NC2CC2)c1. The molecule has 1 saturated carbocycles. The molecule has 0 spiro atoms. The number of nitrogens with two attached hydrogens (primary N) is 1. The van der Waals surface area contributed by atoms with Crippen LogP contribution in [0.3, 0.4) is 0 Å². The number of anilines is 2. The van der Waals surface area contributed by atoms with Crippen LogP contribution < -0.4 is 16.4 Å². The minimum atomic E-state index is -0.467. The zero-order valence-electron chi connectivity index (χ0n) is 11.7. The molecular weight excluding hydrogens is 282 g/mol. The molecule has 0 radical (unpaired) electrons. The molecule has 0 aliphatic heterocycles. The number of carbonyl (C=O) groups is 2. The summed E-state index contributed by atoms with van der Waals surface area (Å²) in [5, 5.41) is 5.56. The van der Waals surface area contributed by atoms with Gasteiger partial charge in [0, 0.05) is 29.7 Å². The molecule has 4 N–H and O–H groups in total. The first-order valence-corrected chi connectivity index (χ1v) is 6.92. The van der Waals surface area contributed by atoms with Crippen LogP contribution in [0.5, 0.6) is 0 Å². The minimum Gasteiger partial charge on any atom is -0.382 e. The molecule has 22 heavy (non-hydrogen) atoms. The van der Waals surface area contributed by atoms with Gasteiger partial charge in [0.2, 0.25) is 0 Å². The Balaban J connectivity index is 1.73. The second-order valence-corrected chi connectivity index (χ2v) is 5.07. The van der Waals surface area contributed by atoms with Crippen molar-refractivity contribution in [1.82, 2.24) is 15.3 Å². The highest BCUT2D eigenvalue weighted by molar-refractivity contribution is 6.06. The molecule has 3 rings (SSSR count). The summed E-state index contributed by atoms with van der Waals surface area (Å²) in [6.07, 6.45) is 4.85. The zero-order chi connectivity index (χ0) is 15.5. The molecule has 0 atom stereocenters. The number of aromatic nitrogens is 2. The van der Waals surface area contributed by atoms with Crippen LogP contribution in [0.15, 0.2) is 36.7 Å². The number of carbonyl (C=O) groups excluding carboxylic acids is 2. The van der Waals surface area contributed by atoms with Gasteiger partial charge in [0.25, 0.3) is 11.8 Å². The first-order chi connectivity index (χ1) is 10.6. The van der Waals surface area contributed by atoms with Crippen LogP contribution in [-0.2, 0) is 0 Å². The highest BCUT2D eigenvalue weighted by Crippen LogP contribution is 2.20. The average Bonchev–Trinajstić information content (AvgIpc) is 3.32. The Morgan fingerprint density at radius 3 is 2.64 bits per heavy atom. The third-order valence-electron chi connectivity index (χ3n) is 3.24. The molecule has 7 heteroatoms. The van der Waals surface area contributed by atoms with Crippen molar-refractivity contribution < 1.29 is 9.59 Å². The number of rotatable bonds is 4. The summed E-state index contributed by atoms with van der Waals surface area (Å²) in [5.41, 5.74) is 6.66. The van der Waals surface area contributed by atoms with Crippen molar-refractivity contribution in [1.29, 1.82) is 0 Å². The molecule has 2 aromatic rings. The summed E-state index contributed by atoms with van der Waals surface area (Å²) in [7, 11) is 0. The number of hydrogen-bond acceptors (Lipinski definition) is 5. The molecule has 1 aliphatic carbocycles. The van der Waals surface area contributed by atoms with Gasteiger partial charge in [-0.3, -0.25) is 9.59 Å². The van der Waals surface area contributed by atoms with E-state index in [1.54, 1.807) is 24.3 Å². The van der Waals surface area contributed by atoms with E-state index in [0.29, 0.717) is 11.3 Å². The van der Waals surface area contributed by atoms with E-state index in [9.17, 15) is 9.59 Å². The molecule has 0 saturated heterocycles. The topological polar surface area (TPSA) is 110 Å². The van der Waals surface area contributed by atoms with Gasteiger partial charge >= 0.3 is 0 Å². The van der Waals surface area contributed by atoms with Crippen molar-refractivity contribution in [2.75, 3.05) is 11.1 Å². The molecule has 7 nitrogen and oxygen atoms in total. The molecule has 2 amide bonds. The Hall–Kier alpha value is -2.96. The van der Waals surface area contributed by atoms with E-state index >= 15 is 0 Å². The number of hydrogen-bond donors (Lipinski definition) is 3. The summed E-state index contributed by atoms with van der Waals surface area (Å²) < 4.78 is 0. The van der Waals surface area contributed by atoms with Gasteiger partial charge in [0.15, 0.2) is 11.5 Å². The average molecular weight is 297 g/mol. The lowest BCUT2D eigenvalue weighted by molar-refractivity contribution is 0.0949. The van der Waals surface area contributed by atoms with Gasteiger partial charge in [0.05, 0.1) is 0 Å². The van der Waals surface area contributed by atoms with E-state index in [0.717, 1.165) is 12.8 Å². The van der Waals surface area contributed by atoms with E-state index in [2.05, 4.69) is 20.6 Å². The lowest BCUT2D eigenvalue weighted by Gasteiger charge is -2.08. The molecular formula is C15H15N5O2. The van der Waals surface area contributed by atoms with Crippen LogP contribution in [0.25, 0.3) is 0 Å². The summed E-state index contributed by atoms with van der Waals surface area (Å²) in [5.74, 6) is -0.550. The standard InChI is InChI=1S/C15H15N5O2/c16-13-12(17-6-7-18-13)15(22)20-11-3-1-2-9(8-11)14(21)19-10-4-5-10/h1-3,6-8,10H,4-5H2,(H2,16,18)(H,19,21)(H,20,22). The van der Waals surface area contributed by atoms with Gasteiger partial charge in [-0.1, -0.05) is 6.07 Å². The van der Waals surface area contributed by atoms with Crippen molar-refractivity contribution >= 4 is 23.3 Å². The van der Waals surface area contributed by atoms with E-state index in [1.165, 1.54) is 12.4 Å². The summed E-state index contributed by atoms with van der Waals surface area (Å²) >= 11 is 0. The van der Waals surface area contributed by atoms with Gasteiger partial charge in [-0.25, -0.2) is 9.97 Å². The normalized spacial score (nSPS) is 13.5. The lowest BCUT2D eigenvalue weighted by Crippen LogP contribution is -2.25. The van der Waals surface area contributed by atoms with E-state index < -0.39 is 5.91 Å². The Labute approximate surface area is 127 Å². The summed E-state index contributed by atoms with van der Waals surface area (Å²) in [4.78, 5) is 31.8. The third kappa shape index (κ3) is 3.20. The van der Waals surface area contributed by atoms with Crippen molar-refractivity contribution in [2.24, 2.45) is 0 Å². The van der Waals surface area contributed by atoms with E-state index in [-0.39, 0.29) is 23.5 Å². The van der Waals surface area contributed by atoms with Crippen LogP contribution in [0.1, 0.15) is 33.7 Å².